The number of aromatic nitrogens is 2. The van der Waals surface area contributed by atoms with Gasteiger partial charge in [-0.15, -0.1) is 0 Å². The van der Waals surface area contributed by atoms with Crippen LogP contribution in [0, 0.1) is 0 Å². The van der Waals surface area contributed by atoms with E-state index in [1.54, 1.807) is 6.20 Å². The summed E-state index contributed by atoms with van der Waals surface area (Å²) in [6.45, 7) is 0. The average Bonchev–Trinajstić information content (AvgIpc) is 2.73. The lowest BCUT2D eigenvalue weighted by Crippen LogP contribution is -2.09. The molecule has 0 amide bonds. The molecule has 5 heteroatoms. The molecule has 0 fully saturated rings. The van der Waals surface area contributed by atoms with E-state index >= 15 is 0 Å². The van der Waals surface area contributed by atoms with E-state index in [2.05, 4.69) is 25.9 Å². The molecule has 2 aromatic rings. The van der Waals surface area contributed by atoms with Gasteiger partial charge in [0.2, 0.25) is 0 Å². The summed E-state index contributed by atoms with van der Waals surface area (Å²) in [4.78, 5) is 18.1. The van der Waals surface area contributed by atoms with Gasteiger partial charge in [0, 0.05) is 0 Å². The van der Waals surface area contributed by atoms with Crippen LogP contribution < -0.4 is 0 Å². The summed E-state index contributed by atoms with van der Waals surface area (Å²) < 4.78 is 0.749. The number of carbonyl (C=O) groups is 1. The van der Waals surface area contributed by atoms with Gasteiger partial charge >= 0.3 is 5.97 Å². The third-order valence-electron chi connectivity index (χ3n) is 2.48. The van der Waals surface area contributed by atoms with E-state index in [0.29, 0.717) is 5.82 Å². The van der Waals surface area contributed by atoms with E-state index in [4.69, 9.17) is 5.11 Å². The Labute approximate surface area is 107 Å². The number of aromatic amines is 1. The lowest BCUT2D eigenvalue weighted by Gasteiger charge is -2.12. The molecule has 0 spiro atoms. The molecule has 0 aliphatic heterocycles. The van der Waals surface area contributed by atoms with Crippen molar-refractivity contribution in [2.75, 3.05) is 0 Å². The molecule has 0 bridgehead atoms. The number of nitrogens with zero attached hydrogens (tertiary/aromatic N) is 1. The van der Waals surface area contributed by atoms with Gasteiger partial charge in [-0.25, -0.2) is 4.98 Å². The highest BCUT2D eigenvalue weighted by atomic mass is 79.9. The molecule has 4 nitrogen and oxygen atoms in total. The number of halogens is 1. The highest BCUT2D eigenvalue weighted by Crippen LogP contribution is 2.26. The molecule has 0 aliphatic rings. The second-order valence-corrected chi connectivity index (χ2v) is 4.53. The van der Waals surface area contributed by atoms with Crippen molar-refractivity contribution in [1.29, 1.82) is 0 Å². The van der Waals surface area contributed by atoms with Gasteiger partial charge in [0.1, 0.15) is 10.4 Å². The van der Waals surface area contributed by atoms with Gasteiger partial charge in [0.05, 0.1) is 18.5 Å². The first kappa shape index (κ1) is 11.9. The van der Waals surface area contributed by atoms with Crippen molar-refractivity contribution < 1.29 is 9.90 Å². The van der Waals surface area contributed by atoms with Crippen molar-refractivity contribution in [2.24, 2.45) is 0 Å². The van der Waals surface area contributed by atoms with Gasteiger partial charge in [0.15, 0.2) is 0 Å². The minimum atomic E-state index is -0.841. The highest BCUT2D eigenvalue weighted by molar-refractivity contribution is 9.10. The van der Waals surface area contributed by atoms with Crippen molar-refractivity contribution in [2.45, 2.75) is 12.3 Å². The minimum absolute atomic E-state index is 0.0178. The summed E-state index contributed by atoms with van der Waals surface area (Å²) in [5.74, 6) is -0.433. The number of nitrogens with one attached hydrogen (secondary N) is 1. The fourth-order valence-electron chi connectivity index (χ4n) is 1.72. The maximum Gasteiger partial charge on any atom is 0.304 e. The fraction of sp³-hybridized carbons (Fsp3) is 0.167. The predicted molar refractivity (Wildman–Crippen MR) is 66.8 cm³/mol. The molecular formula is C12H11BrN2O2. The SMILES string of the molecule is O=C(O)CC(c1ccccc1)c1ncc(Br)[nH]1. The zero-order valence-electron chi connectivity index (χ0n) is 8.93. The van der Waals surface area contributed by atoms with E-state index in [9.17, 15) is 4.79 Å². The quantitative estimate of drug-likeness (QED) is 0.911. The highest BCUT2D eigenvalue weighted by Gasteiger charge is 2.20. The van der Waals surface area contributed by atoms with E-state index < -0.39 is 5.97 Å². The van der Waals surface area contributed by atoms with Gasteiger partial charge in [-0.1, -0.05) is 30.3 Å². The van der Waals surface area contributed by atoms with Crippen LogP contribution in [0.5, 0.6) is 0 Å². The van der Waals surface area contributed by atoms with Crippen molar-refractivity contribution in [3.63, 3.8) is 0 Å². The van der Waals surface area contributed by atoms with Crippen molar-refractivity contribution >= 4 is 21.9 Å². The Bertz CT molecular complexity index is 510. The van der Waals surface area contributed by atoms with Crippen LogP contribution in [0.25, 0.3) is 0 Å². The first-order chi connectivity index (χ1) is 8.16. The Balaban J connectivity index is 2.35. The van der Waals surface area contributed by atoms with Crippen LogP contribution in [0.3, 0.4) is 0 Å². The lowest BCUT2D eigenvalue weighted by molar-refractivity contribution is -0.137. The number of H-pyrrole nitrogens is 1. The Hall–Kier alpha value is -1.62. The molecule has 1 heterocycles. The minimum Gasteiger partial charge on any atom is -0.481 e. The molecule has 2 N–H and O–H groups in total. The average molecular weight is 295 g/mol. The first-order valence-electron chi connectivity index (χ1n) is 5.14. The Kier molecular flexibility index (Phi) is 3.58. The third kappa shape index (κ3) is 2.94. The smallest absolute Gasteiger partial charge is 0.304 e. The molecule has 17 heavy (non-hydrogen) atoms. The van der Waals surface area contributed by atoms with Crippen molar-refractivity contribution in [1.82, 2.24) is 9.97 Å². The second kappa shape index (κ2) is 5.14. The molecule has 0 aliphatic carbocycles. The van der Waals surface area contributed by atoms with E-state index in [1.165, 1.54) is 0 Å². The molecule has 0 saturated carbocycles. The molecule has 2 rings (SSSR count). The van der Waals surface area contributed by atoms with E-state index in [1.807, 2.05) is 30.3 Å². The number of rotatable bonds is 4. The van der Waals surface area contributed by atoms with Crippen LogP contribution in [0.1, 0.15) is 23.7 Å². The molecule has 1 aromatic heterocycles. The fourth-order valence-corrected chi connectivity index (χ4v) is 2.03. The Morgan fingerprint density at radius 1 is 1.41 bits per heavy atom. The van der Waals surface area contributed by atoms with Crippen molar-refractivity contribution in [3.05, 3.63) is 52.5 Å². The molecule has 1 atom stereocenters. The van der Waals surface area contributed by atoms with E-state index in [0.717, 1.165) is 10.2 Å². The first-order valence-corrected chi connectivity index (χ1v) is 5.93. The van der Waals surface area contributed by atoms with E-state index in [-0.39, 0.29) is 12.3 Å². The molecule has 0 saturated heterocycles. The number of carboxylic acid groups (broad SMARTS) is 1. The monoisotopic (exact) mass is 294 g/mol. The normalized spacial score (nSPS) is 12.3. The Morgan fingerprint density at radius 3 is 2.65 bits per heavy atom. The number of imidazole rings is 1. The summed E-state index contributed by atoms with van der Waals surface area (Å²) in [5.41, 5.74) is 0.941. The van der Waals surface area contributed by atoms with Crippen molar-refractivity contribution in [3.8, 4) is 0 Å². The van der Waals surface area contributed by atoms with Crippen LogP contribution in [0.2, 0.25) is 0 Å². The van der Waals surface area contributed by atoms with Gasteiger partial charge in [-0.05, 0) is 21.5 Å². The maximum absolute atomic E-state index is 10.9. The summed E-state index contributed by atoms with van der Waals surface area (Å²) in [5, 5.41) is 8.96. The molecular weight excluding hydrogens is 284 g/mol. The lowest BCUT2D eigenvalue weighted by atomic mass is 9.95. The second-order valence-electron chi connectivity index (χ2n) is 3.68. The topological polar surface area (TPSA) is 66.0 Å². The number of benzene rings is 1. The standard InChI is InChI=1S/C12H11BrN2O2/c13-10-7-14-12(15-10)9(6-11(16)17)8-4-2-1-3-5-8/h1-5,7,9H,6H2,(H,14,15)(H,16,17). The molecule has 0 radical (unpaired) electrons. The van der Waals surface area contributed by atoms with Gasteiger partial charge < -0.3 is 10.1 Å². The maximum atomic E-state index is 10.9. The molecule has 88 valence electrons. The summed E-state index contributed by atoms with van der Waals surface area (Å²) >= 11 is 3.27. The number of aliphatic carboxylic acids is 1. The number of hydrogen-bond acceptors (Lipinski definition) is 2. The summed E-state index contributed by atoms with van der Waals surface area (Å²) in [7, 11) is 0. The summed E-state index contributed by atoms with van der Waals surface area (Å²) in [6.07, 6.45) is 1.65. The van der Waals surface area contributed by atoms with Crippen LogP contribution in [-0.4, -0.2) is 21.0 Å². The van der Waals surface area contributed by atoms with Crippen LogP contribution >= 0.6 is 15.9 Å². The number of carboxylic acids is 1. The van der Waals surface area contributed by atoms with Gasteiger partial charge in [-0.2, -0.15) is 0 Å². The third-order valence-corrected chi connectivity index (χ3v) is 2.88. The zero-order chi connectivity index (χ0) is 12.3. The van der Waals surface area contributed by atoms with Gasteiger partial charge in [-0.3, -0.25) is 4.79 Å². The predicted octanol–water partition coefficient (Wildman–Crippen LogP) is 2.78. The Morgan fingerprint density at radius 2 is 2.12 bits per heavy atom. The number of hydrogen-bond donors (Lipinski definition) is 2. The van der Waals surface area contributed by atoms with Crippen LogP contribution in [0.15, 0.2) is 41.1 Å². The van der Waals surface area contributed by atoms with Crippen LogP contribution in [-0.2, 0) is 4.79 Å². The molecule has 1 aromatic carbocycles. The largest absolute Gasteiger partial charge is 0.481 e. The zero-order valence-corrected chi connectivity index (χ0v) is 10.5. The molecule has 1 unspecified atom stereocenters. The summed E-state index contributed by atoms with van der Waals surface area (Å²) in [6, 6.07) is 9.50. The van der Waals surface area contributed by atoms with Gasteiger partial charge in [0.25, 0.3) is 0 Å². The van der Waals surface area contributed by atoms with Crippen LogP contribution in [0.4, 0.5) is 0 Å².